The molecule has 1 aromatic heterocycles. The molecule has 3 rings (SSSR count). The second kappa shape index (κ2) is 5.79. The zero-order valence-corrected chi connectivity index (χ0v) is 13.0. The fourth-order valence-electron chi connectivity index (χ4n) is 2.30. The summed E-state index contributed by atoms with van der Waals surface area (Å²) in [6, 6.07) is 8.37. The van der Waals surface area contributed by atoms with Crippen molar-refractivity contribution in [3.63, 3.8) is 0 Å². The summed E-state index contributed by atoms with van der Waals surface area (Å²) in [4.78, 5) is 5.78. The summed E-state index contributed by atoms with van der Waals surface area (Å²) in [6.45, 7) is 4.78. The van der Waals surface area contributed by atoms with Gasteiger partial charge in [0, 0.05) is 11.5 Å². The molecule has 0 saturated carbocycles. The van der Waals surface area contributed by atoms with Crippen molar-refractivity contribution in [2.24, 2.45) is 5.73 Å². The van der Waals surface area contributed by atoms with Gasteiger partial charge in [-0.15, -0.1) is 11.8 Å². The highest BCUT2D eigenvalue weighted by molar-refractivity contribution is 7.99. The van der Waals surface area contributed by atoms with Crippen LogP contribution in [0, 0.1) is 0 Å². The molecule has 0 spiro atoms. The molecule has 1 aliphatic heterocycles. The first-order valence-corrected chi connectivity index (χ1v) is 7.93. The summed E-state index contributed by atoms with van der Waals surface area (Å²) in [5, 5.41) is 4.22. The summed E-state index contributed by atoms with van der Waals surface area (Å²) < 4.78 is 10.8. The zero-order valence-electron chi connectivity index (χ0n) is 12.2. The molecule has 0 saturated heterocycles. The Kier molecular flexibility index (Phi) is 4.01. The normalized spacial score (nSPS) is 20.2. The van der Waals surface area contributed by atoms with Crippen molar-refractivity contribution in [1.82, 2.24) is 10.1 Å². The molecule has 1 aromatic carbocycles. The van der Waals surface area contributed by atoms with Crippen molar-refractivity contribution in [3.05, 3.63) is 41.5 Å². The number of rotatable bonds is 5. The fourth-order valence-corrected chi connectivity index (χ4v) is 3.52. The zero-order chi connectivity index (χ0) is 14.9. The minimum absolute atomic E-state index is 0.173. The molecule has 2 unspecified atom stereocenters. The van der Waals surface area contributed by atoms with E-state index in [1.165, 1.54) is 10.5 Å². The third-order valence-electron chi connectivity index (χ3n) is 3.48. The van der Waals surface area contributed by atoms with E-state index >= 15 is 0 Å². The van der Waals surface area contributed by atoms with Gasteiger partial charge >= 0.3 is 0 Å². The molecular weight excluding hydrogens is 286 g/mol. The number of nitrogens with two attached hydrogens (primary N) is 1. The van der Waals surface area contributed by atoms with Crippen LogP contribution in [-0.4, -0.2) is 23.4 Å². The smallest absolute Gasteiger partial charge is 0.240 e. The number of fused-ring (bicyclic) bond motifs is 1. The van der Waals surface area contributed by atoms with E-state index in [9.17, 15) is 0 Å². The molecule has 5 nitrogen and oxygen atoms in total. The van der Waals surface area contributed by atoms with E-state index in [-0.39, 0.29) is 5.25 Å². The van der Waals surface area contributed by atoms with Crippen LogP contribution in [-0.2, 0) is 16.7 Å². The topological polar surface area (TPSA) is 74.2 Å². The summed E-state index contributed by atoms with van der Waals surface area (Å²) >= 11 is 1.76. The quantitative estimate of drug-likeness (QED) is 0.915. The molecule has 21 heavy (non-hydrogen) atoms. The molecule has 0 amide bonds. The van der Waals surface area contributed by atoms with Gasteiger partial charge in [0.2, 0.25) is 5.89 Å². The Labute approximate surface area is 128 Å². The van der Waals surface area contributed by atoms with Gasteiger partial charge in [0.1, 0.15) is 5.54 Å². The highest BCUT2D eigenvalue weighted by Gasteiger charge is 2.32. The lowest BCUT2D eigenvalue weighted by Crippen LogP contribution is -2.39. The maximum Gasteiger partial charge on any atom is 0.240 e. The Morgan fingerprint density at radius 1 is 1.48 bits per heavy atom. The van der Waals surface area contributed by atoms with Crippen LogP contribution in [0.4, 0.5) is 0 Å². The van der Waals surface area contributed by atoms with Crippen molar-refractivity contribution in [2.75, 3.05) is 13.2 Å². The molecule has 112 valence electrons. The van der Waals surface area contributed by atoms with Gasteiger partial charge in [0.15, 0.2) is 5.82 Å². The minimum atomic E-state index is -0.728. The van der Waals surface area contributed by atoms with E-state index < -0.39 is 5.54 Å². The van der Waals surface area contributed by atoms with E-state index in [1.54, 1.807) is 11.8 Å². The Morgan fingerprint density at radius 2 is 2.29 bits per heavy atom. The Morgan fingerprint density at radius 3 is 3.05 bits per heavy atom. The van der Waals surface area contributed by atoms with E-state index in [2.05, 4.69) is 28.3 Å². The maximum atomic E-state index is 6.20. The lowest BCUT2D eigenvalue weighted by Gasteiger charge is -2.19. The molecule has 2 aromatic rings. The number of hydrogen-bond donors (Lipinski definition) is 1. The number of hydrogen-bond acceptors (Lipinski definition) is 6. The van der Waals surface area contributed by atoms with Crippen LogP contribution in [0.1, 0.15) is 36.4 Å². The average Bonchev–Trinajstić information content (AvgIpc) is 3.11. The molecule has 0 radical (unpaired) electrons. The van der Waals surface area contributed by atoms with Crippen molar-refractivity contribution >= 4 is 11.8 Å². The van der Waals surface area contributed by atoms with Gasteiger partial charge in [-0.3, -0.25) is 0 Å². The molecule has 2 heterocycles. The first-order chi connectivity index (χ1) is 10.1. The first-order valence-electron chi connectivity index (χ1n) is 7.05. The molecule has 1 aliphatic rings. The molecule has 2 N–H and O–H groups in total. The molecule has 2 atom stereocenters. The molecule has 6 heteroatoms. The van der Waals surface area contributed by atoms with Crippen molar-refractivity contribution in [3.8, 4) is 0 Å². The maximum absolute atomic E-state index is 6.20. The van der Waals surface area contributed by atoms with E-state index in [0.29, 0.717) is 24.9 Å². The second-order valence-corrected chi connectivity index (χ2v) is 6.67. The summed E-state index contributed by atoms with van der Waals surface area (Å²) in [5.41, 5.74) is 6.81. The van der Waals surface area contributed by atoms with Crippen LogP contribution < -0.4 is 5.73 Å². The largest absolute Gasteiger partial charge is 0.379 e. The predicted molar refractivity (Wildman–Crippen MR) is 81.1 cm³/mol. The lowest BCUT2D eigenvalue weighted by atomic mass is 10.1. The number of ether oxygens (including phenoxy) is 1. The first kappa shape index (κ1) is 14.6. The number of nitrogens with zero attached hydrogens (tertiary/aromatic N) is 2. The van der Waals surface area contributed by atoms with Crippen molar-refractivity contribution in [2.45, 2.75) is 36.0 Å². The van der Waals surface area contributed by atoms with Crippen LogP contribution in [0.2, 0.25) is 0 Å². The van der Waals surface area contributed by atoms with Crippen LogP contribution in [0.25, 0.3) is 0 Å². The van der Waals surface area contributed by atoms with Crippen LogP contribution in [0.15, 0.2) is 33.7 Å². The molecular formula is C15H19N3O2S. The summed E-state index contributed by atoms with van der Waals surface area (Å²) in [6.07, 6.45) is 0.912. The number of aromatic nitrogens is 2. The Hall–Kier alpha value is -1.37. The van der Waals surface area contributed by atoms with Gasteiger partial charge in [-0.2, -0.15) is 4.98 Å². The molecule has 0 bridgehead atoms. The molecule has 0 fully saturated rings. The highest BCUT2D eigenvalue weighted by atomic mass is 32.2. The minimum Gasteiger partial charge on any atom is -0.379 e. The second-order valence-electron chi connectivity index (χ2n) is 5.43. The summed E-state index contributed by atoms with van der Waals surface area (Å²) in [7, 11) is 0. The highest BCUT2D eigenvalue weighted by Crippen LogP contribution is 2.45. The summed E-state index contributed by atoms with van der Waals surface area (Å²) in [5.74, 6) is 1.14. The monoisotopic (exact) mass is 305 g/mol. The van der Waals surface area contributed by atoms with Crippen LogP contribution in [0.3, 0.4) is 0 Å². The van der Waals surface area contributed by atoms with Gasteiger partial charge in [-0.05, 0) is 31.9 Å². The van der Waals surface area contributed by atoms with Crippen LogP contribution in [0.5, 0.6) is 0 Å². The van der Waals surface area contributed by atoms with E-state index in [0.717, 1.165) is 6.42 Å². The predicted octanol–water partition coefficient (Wildman–Crippen LogP) is 2.67. The van der Waals surface area contributed by atoms with Gasteiger partial charge in [-0.25, -0.2) is 0 Å². The van der Waals surface area contributed by atoms with E-state index in [1.807, 2.05) is 19.9 Å². The average molecular weight is 305 g/mol. The van der Waals surface area contributed by atoms with Gasteiger partial charge in [0.05, 0.1) is 11.9 Å². The third-order valence-corrected chi connectivity index (χ3v) is 4.79. The molecule has 0 aliphatic carbocycles. The van der Waals surface area contributed by atoms with Crippen LogP contribution >= 0.6 is 11.8 Å². The Balaban J connectivity index is 1.75. The standard InChI is InChI=1S/C15H19N3O2S/c1-3-19-9-15(2,16)14-17-13(20-18-14)12-8-10-6-4-5-7-11(10)21-12/h4-7,12H,3,8-9,16H2,1-2H3. The SMILES string of the molecule is CCOCC(C)(N)c1noc(C2Cc3ccccc3S2)n1. The van der Waals surface area contributed by atoms with Crippen molar-refractivity contribution in [1.29, 1.82) is 0 Å². The van der Waals surface area contributed by atoms with Gasteiger partial charge < -0.3 is 15.0 Å². The number of thioether (sulfide) groups is 1. The fraction of sp³-hybridized carbons (Fsp3) is 0.467. The lowest BCUT2D eigenvalue weighted by molar-refractivity contribution is 0.0962. The number of benzene rings is 1. The van der Waals surface area contributed by atoms with Crippen molar-refractivity contribution < 1.29 is 9.26 Å². The van der Waals surface area contributed by atoms with E-state index in [4.69, 9.17) is 15.0 Å². The van der Waals surface area contributed by atoms with Gasteiger partial charge in [0.25, 0.3) is 0 Å². The Bertz CT molecular complexity index is 602. The van der Waals surface area contributed by atoms with Gasteiger partial charge in [-0.1, -0.05) is 23.4 Å². The third kappa shape index (κ3) is 2.97.